The van der Waals surface area contributed by atoms with E-state index >= 15 is 0 Å². The van der Waals surface area contributed by atoms with Gasteiger partial charge in [0.05, 0.1) is 17.9 Å². The van der Waals surface area contributed by atoms with E-state index in [0.717, 1.165) is 41.8 Å². The van der Waals surface area contributed by atoms with Crippen LogP contribution in [0.15, 0.2) is 6.07 Å². The number of hydrogen-bond acceptors (Lipinski definition) is 6. The summed E-state index contributed by atoms with van der Waals surface area (Å²) in [6.45, 7) is 7.02. The van der Waals surface area contributed by atoms with Crippen LogP contribution >= 0.6 is 0 Å². The fourth-order valence-electron chi connectivity index (χ4n) is 3.53. The van der Waals surface area contributed by atoms with E-state index in [1.54, 1.807) is 4.31 Å². The second-order valence-corrected chi connectivity index (χ2v) is 9.07. The topological polar surface area (TPSA) is 103 Å². The molecule has 2 aromatic rings. The molecule has 27 heavy (non-hydrogen) atoms. The van der Waals surface area contributed by atoms with E-state index in [4.69, 9.17) is 10.5 Å². The Balaban J connectivity index is 1.56. The third-order valence-electron chi connectivity index (χ3n) is 4.80. The first-order chi connectivity index (χ1) is 12.9. The van der Waals surface area contributed by atoms with Crippen molar-refractivity contribution >= 4 is 26.9 Å². The summed E-state index contributed by atoms with van der Waals surface area (Å²) in [6.07, 6.45) is 3.32. The Morgan fingerprint density at radius 3 is 2.78 bits per heavy atom. The summed E-state index contributed by atoms with van der Waals surface area (Å²) < 4.78 is 33.0. The van der Waals surface area contributed by atoms with Gasteiger partial charge in [-0.1, -0.05) is 6.92 Å². The number of nitrogens with two attached hydrogens (primary N) is 1. The maximum atomic E-state index is 11.8. The molecule has 0 saturated carbocycles. The van der Waals surface area contributed by atoms with Crippen molar-refractivity contribution < 1.29 is 13.2 Å². The van der Waals surface area contributed by atoms with Crippen LogP contribution in [0.25, 0.3) is 11.0 Å². The number of anilines is 1. The zero-order chi connectivity index (χ0) is 19.4. The Hall–Kier alpha value is -1.71. The number of rotatable bonds is 9. The largest absolute Gasteiger partial charge is 0.382 e. The van der Waals surface area contributed by atoms with Crippen molar-refractivity contribution in [1.82, 2.24) is 18.8 Å². The van der Waals surface area contributed by atoms with Crippen molar-refractivity contribution in [2.75, 3.05) is 37.8 Å². The molecule has 0 atom stereocenters. The Morgan fingerprint density at radius 2 is 2.07 bits per heavy atom. The standard InChI is InChI=1S/C18H29N5O3S/c1-3-6-16-21-17-15(13-14(2)20-18(17)19)23(16)9-11-26-10-4-7-22-8-5-12-27(22,24)25/h13H,3-12H2,1-2H3,(H2,19,20). The fourth-order valence-corrected chi connectivity index (χ4v) is 5.10. The minimum atomic E-state index is -3.01. The number of nitrogens with zero attached hydrogens (tertiary/aromatic N) is 4. The lowest BCUT2D eigenvalue weighted by Crippen LogP contribution is -2.27. The first kappa shape index (κ1) is 20.0. The summed E-state index contributed by atoms with van der Waals surface area (Å²) in [4.78, 5) is 8.98. The van der Waals surface area contributed by atoms with Crippen molar-refractivity contribution in [3.63, 3.8) is 0 Å². The van der Waals surface area contributed by atoms with Crippen LogP contribution in [0.2, 0.25) is 0 Å². The van der Waals surface area contributed by atoms with Gasteiger partial charge in [0, 0.05) is 38.4 Å². The van der Waals surface area contributed by atoms with Crippen molar-refractivity contribution in [2.45, 2.75) is 46.1 Å². The second kappa shape index (κ2) is 8.53. The maximum Gasteiger partial charge on any atom is 0.214 e. The number of nitrogen functional groups attached to an aromatic ring is 1. The van der Waals surface area contributed by atoms with E-state index in [0.29, 0.717) is 45.1 Å². The van der Waals surface area contributed by atoms with Gasteiger partial charge in [0.25, 0.3) is 0 Å². The SMILES string of the molecule is CCCc1nc2c(N)nc(C)cc2n1CCOCCCN1CCCS1(=O)=O. The van der Waals surface area contributed by atoms with Crippen molar-refractivity contribution in [3.8, 4) is 0 Å². The molecule has 2 aromatic heterocycles. The molecule has 0 bridgehead atoms. The minimum Gasteiger partial charge on any atom is -0.382 e. The maximum absolute atomic E-state index is 11.8. The molecule has 150 valence electrons. The van der Waals surface area contributed by atoms with E-state index in [1.165, 1.54) is 0 Å². The molecular weight excluding hydrogens is 366 g/mol. The van der Waals surface area contributed by atoms with E-state index in [1.807, 2.05) is 13.0 Å². The molecule has 2 N–H and O–H groups in total. The quantitative estimate of drug-likeness (QED) is 0.649. The van der Waals surface area contributed by atoms with Crippen LogP contribution in [-0.2, 0) is 27.7 Å². The number of hydrogen-bond donors (Lipinski definition) is 1. The normalized spacial score (nSPS) is 17.1. The molecule has 8 nitrogen and oxygen atoms in total. The van der Waals surface area contributed by atoms with Gasteiger partial charge in [0.2, 0.25) is 10.0 Å². The van der Waals surface area contributed by atoms with E-state index in [-0.39, 0.29) is 5.75 Å². The lowest BCUT2D eigenvalue weighted by molar-refractivity contribution is 0.120. The fraction of sp³-hybridized carbons (Fsp3) is 0.667. The molecule has 3 rings (SSSR count). The average molecular weight is 396 g/mol. The van der Waals surface area contributed by atoms with Crippen LogP contribution in [0.5, 0.6) is 0 Å². The van der Waals surface area contributed by atoms with E-state index in [9.17, 15) is 8.42 Å². The van der Waals surface area contributed by atoms with E-state index in [2.05, 4.69) is 21.5 Å². The number of aryl methyl sites for hydroxylation is 2. The molecule has 0 spiro atoms. The van der Waals surface area contributed by atoms with Gasteiger partial charge >= 0.3 is 0 Å². The summed E-state index contributed by atoms with van der Waals surface area (Å²) in [5.74, 6) is 1.74. The van der Waals surface area contributed by atoms with Gasteiger partial charge in [0.15, 0.2) is 5.82 Å². The average Bonchev–Trinajstić information content (AvgIpc) is 3.11. The summed E-state index contributed by atoms with van der Waals surface area (Å²) in [5, 5.41) is 0. The van der Waals surface area contributed by atoms with Gasteiger partial charge in [-0.05, 0) is 32.3 Å². The van der Waals surface area contributed by atoms with Crippen LogP contribution in [0, 0.1) is 6.92 Å². The lowest BCUT2D eigenvalue weighted by atomic mass is 10.3. The molecule has 0 amide bonds. The third kappa shape index (κ3) is 4.59. The number of aromatic nitrogens is 3. The molecule has 1 saturated heterocycles. The van der Waals surface area contributed by atoms with Crippen molar-refractivity contribution in [2.24, 2.45) is 0 Å². The third-order valence-corrected chi connectivity index (χ3v) is 6.76. The first-order valence-electron chi connectivity index (χ1n) is 9.60. The Bertz CT molecular complexity index is 894. The first-order valence-corrected chi connectivity index (χ1v) is 11.2. The second-order valence-electron chi connectivity index (χ2n) is 6.98. The summed E-state index contributed by atoms with van der Waals surface area (Å²) in [7, 11) is -3.01. The smallest absolute Gasteiger partial charge is 0.214 e. The monoisotopic (exact) mass is 395 g/mol. The highest BCUT2D eigenvalue weighted by molar-refractivity contribution is 7.89. The van der Waals surface area contributed by atoms with Crippen molar-refractivity contribution in [1.29, 1.82) is 0 Å². The zero-order valence-electron chi connectivity index (χ0n) is 16.1. The van der Waals surface area contributed by atoms with Crippen LogP contribution in [0.3, 0.4) is 0 Å². The number of sulfonamides is 1. The highest BCUT2D eigenvalue weighted by atomic mass is 32.2. The van der Waals surface area contributed by atoms with Crippen LogP contribution in [0.4, 0.5) is 5.82 Å². The number of fused-ring (bicyclic) bond motifs is 1. The summed E-state index contributed by atoms with van der Waals surface area (Å²) >= 11 is 0. The van der Waals surface area contributed by atoms with E-state index < -0.39 is 10.0 Å². The van der Waals surface area contributed by atoms with Crippen molar-refractivity contribution in [3.05, 3.63) is 17.6 Å². The van der Waals surface area contributed by atoms with Crippen LogP contribution < -0.4 is 5.73 Å². The molecule has 3 heterocycles. The zero-order valence-corrected chi connectivity index (χ0v) is 17.0. The molecule has 1 aliphatic rings. The van der Waals surface area contributed by atoms with Gasteiger partial charge < -0.3 is 15.0 Å². The lowest BCUT2D eigenvalue weighted by Gasteiger charge is -2.14. The number of ether oxygens (including phenoxy) is 1. The molecule has 9 heteroatoms. The minimum absolute atomic E-state index is 0.277. The molecule has 1 aliphatic heterocycles. The molecule has 0 unspecified atom stereocenters. The number of pyridine rings is 1. The predicted molar refractivity (Wildman–Crippen MR) is 106 cm³/mol. The van der Waals surface area contributed by atoms with Gasteiger partial charge in [-0.15, -0.1) is 0 Å². The summed E-state index contributed by atoms with van der Waals surface area (Å²) in [5.41, 5.74) is 8.66. The number of imidazole rings is 1. The molecule has 0 aliphatic carbocycles. The van der Waals surface area contributed by atoms with Gasteiger partial charge in [0.1, 0.15) is 11.3 Å². The van der Waals surface area contributed by atoms with Gasteiger partial charge in [-0.3, -0.25) is 0 Å². The molecule has 0 aromatic carbocycles. The summed E-state index contributed by atoms with van der Waals surface area (Å²) in [6, 6.07) is 2.01. The highest BCUT2D eigenvalue weighted by Gasteiger charge is 2.27. The predicted octanol–water partition coefficient (Wildman–Crippen LogP) is 1.72. The Kier molecular flexibility index (Phi) is 6.33. The highest BCUT2D eigenvalue weighted by Crippen LogP contribution is 2.22. The Labute approximate surface area is 160 Å². The van der Waals surface area contributed by atoms with Crippen LogP contribution in [0.1, 0.15) is 37.7 Å². The Morgan fingerprint density at radius 1 is 1.26 bits per heavy atom. The molecular formula is C18H29N5O3S. The van der Waals surface area contributed by atoms with Gasteiger partial charge in [-0.2, -0.15) is 0 Å². The van der Waals surface area contributed by atoms with Gasteiger partial charge in [-0.25, -0.2) is 22.7 Å². The van der Waals surface area contributed by atoms with Crippen LogP contribution in [-0.4, -0.2) is 59.3 Å². The molecule has 0 radical (unpaired) electrons. The molecule has 1 fully saturated rings.